The van der Waals surface area contributed by atoms with Crippen LogP contribution in [0.4, 0.5) is 0 Å². The second kappa shape index (κ2) is 10.7. The third-order valence-corrected chi connectivity index (χ3v) is 10.2. The third-order valence-electron chi connectivity index (χ3n) is 10.2. The quantitative estimate of drug-likeness (QED) is 0.177. The van der Waals surface area contributed by atoms with Gasteiger partial charge in [0.1, 0.15) is 25.3 Å². The van der Waals surface area contributed by atoms with E-state index in [9.17, 15) is 0 Å². The Balaban J connectivity index is 1.48. The molecule has 3 heteroatoms. The first kappa shape index (κ1) is 29.0. The molecule has 0 aliphatic heterocycles. The van der Waals surface area contributed by atoms with E-state index in [1.807, 2.05) is 0 Å². The Kier molecular flexibility index (Phi) is 6.89. The molecule has 224 valence electrons. The van der Waals surface area contributed by atoms with E-state index in [0.717, 1.165) is 17.6 Å². The van der Waals surface area contributed by atoms with Crippen LogP contribution >= 0.6 is 0 Å². The van der Waals surface area contributed by atoms with Gasteiger partial charge in [-0.1, -0.05) is 72.8 Å². The topological polar surface area (TPSA) is 20.9 Å². The van der Waals surface area contributed by atoms with Gasteiger partial charge in [0.05, 0.1) is 17.3 Å². The molecule has 1 unspecified atom stereocenters. The van der Waals surface area contributed by atoms with E-state index >= 15 is 0 Å². The molecule has 0 aliphatic carbocycles. The van der Waals surface area contributed by atoms with Gasteiger partial charge in [0, 0.05) is 40.6 Å². The number of nitrogens with zero attached hydrogens (tertiary/aromatic N) is 2. The third kappa shape index (κ3) is 4.56. The molecule has 0 bridgehead atoms. The van der Waals surface area contributed by atoms with Crippen molar-refractivity contribution in [2.45, 2.75) is 51.9 Å². The van der Waals surface area contributed by atoms with E-state index in [1.165, 1.54) is 60.9 Å². The Morgan fingerprint density at radius 2 is 1.38 bits per heavy atom. The number of furan rings is 1. The van der Waals surface area contributed by atoms with Crippen LogP contribution in [0.1, 0.15) is 60.1 Å². The minimum atomic E-state index is -0.396. The smallest absolute Gasteiger partial charge is 0.192 e. The summed E-state index contributed by atoms with van der Waals surface area (Å²) in [6.45, 7) is 11.5. The Hall–Kier alpha value is -4.76. The van der Waals surface area contributed by atoms with Crippen molar-refractivity contribution in [2.24, 2.45) is 14.1 Å². The van der Waals surface area contributed by atoms with E-state index in [0.29, 0.717) is 0 Å². The number of hydrogen-bond donors (Lipinski definition) is 0. The summed E-state index contributed by atoms with van der Waals surface area (Å²) in [4.78, 5) is 0. The van der Waals surface area contributed by atoms with E-state index in [4.69, 9.17) is 4.42 Å². The van der Waals surface area contributed by atoms with Crippen molar-refractivity contribution in [3.8, 4) is 0 Å². The van der Waals surface area contributed by atoms with Crippen molar-refractivity contribution in [3.63, 3.8) is 0 Å². The number of aromatic nitrogens is 2. The molecule has 0 fully saturated rings. The van der Waals surface area contributed by atoms with Crippen LogP contribution in [0.3, 0.4) is 0 Å². The molecule has 3 aromatic heterocycles. The van der Waals surface area contributed by atoms with Crippen LogP contribution in [-0.4, -0.2) is 0 Å². The predicted octanol–water partition coefficient (Wildman–Crippen LogP) is 8.88. The zero-order valence-corrected chi connectivity index (χ0v) is 27.5. The predicted molar refractivity (Wildman–Crippen MR) is 185 cm³/mol. The average Bonchev–Trinajstić information content (AvgIpc) is 3.41. The number of fused-ring (bicyclic) bond motifs is 5. The van der Waals surface area contributed by atoms with Crippen molar-refractivity contribution in [2.75, 3.05) is 0 Å². The molecule has 3 nitrogen and oxygen atoms in total. The van der Waals surface area contributed by atoms with E-state index in [1.54, 1.807) is 0 Å². The fourth-order valence-electron chi connectivity index (χ4n) is 8.01. The first-order valence-electron chi connectivity index (χ1n) is 15.9. The van der Waals surface area contributed by atoms with Gasteiger partial charge in [-0.2, -0.15) is 0 Å². The van der Waals surface area contributed by atoms with Gasteiger partial charge in [-0.05, 0) is 74.2 Å². The second-order valence-corrected chi connectivity index (χ2v) is 13.5. The van der Waals surface area contributed by atoms with Crippen molar-refractivity contribution in [1.82, 2.24) is 0 Å². The highest BCUT2D eigenvalue weighted by Crippen LogP contribution is 2.44. The second-order valence-electron chi connectivity index (χ2n) is 13.5. The molecule has 4 aromatic carbocycles. The Bertz CT molecular complexity index is 2240. The molecule has 0 spiro atoms. The van der Waals surface area contributed by atoms with Gasteiger partial charge in [-0.15, -0.1) is 0 Å². The maximum atomic E-state index is 6.88. The molecule has 1 atom stereocenters. The molecule has 0 saturated heterocycles. The lowest BCUT2D eigenvalue weighted by molar-refractivity contribution is -0.692. The SMILES string of the molecule is Cc1ccccc1C(C)(C)c1cccc(CC(C)(c2c(C)ccc3c2oc2ccc4ccccc4c23)c2cccc[n+]2C)[n+]1C. The Labute approximate surface area is 266 Å². The van der Waals surface area contributed by atoms with E-state index in [-0.39, 0.29) is 5.41 Å². The lowest BCUT2D eigenvalue weighted by atomic mass is 9.72. The van der Waals surface area contributed by atoms with Gasteiger partial charge in [-0.25, -0.2) is 9.13 Å². The monoisotopic (exact) mass is 590 g/mol. The van der Waals surface area contributed by atoms with Gasteiger partial charge >= 0.3 is 0 Å². The highest BCUT2D eigenvalue weighted by atomic mass is 16.3. The maximum absolute atomic E-state index is 6.88. The summed E-state index contributed by atoms with van der Waals surface area (Å²) in [5.41, 5.74) is 10.3. The summed E-state index contributed by atoms with van der Waals surface area (Å²) in [5, 5.41) is 4.82. The molecule has 0 N–H and O–H groups in total. The summed E-state index contributed by atoms with van der Waals surface area (Å²) in [7, 11) is 4.39. The van der Waals surface area contributed by atoms with Crippen molar-refractivity contribution in [3.05, 3.63) is 155 Å². The van der Waals surface area contributed by atoms with Crippen LogP contribution in [0.5, 0.6) is 0 Å². The van der Waals surface area contributed by atoms with E-state index in [2.05, 4.69) is 173 Å². The summed E-state index contributed by atoms with van der Waals surface area (Å²) < 4.78 is 11.6. The van der Waals surface area contributed by atoms with E-state index < -0.39 is 5.41 Å². The largest absolute Gasteiger partial charge is 0.456 e. The molecule has 7 rings (SSSR count). The van der Waals surface area contributed by atoms with Gasteiger partial charge in [0.25, 0.3) is 0 Å². The number of aryl methyl sites for hydroxylation is 3. The fraction of sp³-hybridized carbons (Fsp3) is 0.238. The van der Waals surface area contributed by atoms with Gasteiger partial charge < -0.3 is 4.42 Å². The van der Waals surface area contributed by atoms with Crippen molar-refractivity contribution >= 4 is 32.7 Å². The van der Waals surface area contributed by atoms with Gasteiger partial charge in [0.15, 0.2) is 23.3 Å². The first-order chi connectivity index (χ1) is 21.6. The van der Waals surface area contributed by atoms with Crippen molar-refractivity contribution in [1.29, 1.82) is 0 Å². The van der Waals surface area contributed by atoms with Crippen LogP contribution in [-0.2, 0) is 31.3 Å². The van der Waals surface area contributed by atoms with Crippen LogP contribution in [0.15, 0.2) is 120 Å². The van der Waals surface area contributed by atoms with Crippen LogP contribution < -0.4 is 9.13 Å². The molecule has 0 aliphatic rings. The number of benzene rings is 4. The van der Waals surface area contributed by atoms with Crippen molar-refractivity contribution < 1.29 is 13.6 Å². The molecule has 3 heterocycles. The summed E-state index contributed by atoms with van der Waals surface area (Å²) in [6.07, 6.45) is 2.96. The van der Waals surface area contributed by atoms with Gasteiger partial charge in [0.2, 0.25) is 0 Å². The standard InChI is InChI=1S/C42H42N2O/c1-28-15-8-11-19-34(28)41(3,4)36-21-14-17-31(44(36)7)27-42(5,37-20-12-13-26-43(37)6)39-29(2)22-24-33-38-32-18-10-9-16-30(32)23-25-35(38)45-40(33)39/h8-26H,27H2,1-7H3/q+2. The van der Waals surface area contributed by atoms with Crippen LogP contribution in [0, 0.1) is 13.8 Å². The Morgan fingerprint density at radius 1 is 0.644 bits per heavy atom. The summed E-state index contributed by atoms with van der Waals surface area (Å²) >= 11 is 0. The first-order valence-corrected chi connectivity index (χ1v) is 15.9. The minimum Gasteiger partial charge on any atom is -0.456 e. The number of hydrogen-bond acceptors (Lipinski definition) is 1. The fourth-order valence-corrected chi connectivity index (χ4v) is 8.01. The molecule has 0 saturated carbocycles. The lowest BCUT2D eigenvalue weighted by Crippen LogP contribution is -2.49. The molecular formula is C42H42N2O+2. The van der Waals surface area contributed by atoms with Crippen LogP contribution in [0.25, 0.3) is 32.7 Å². The molecule has 7 aromatic rings. The lowest BCUT2D eigenvalue weighted by Gasteiger charge is -2.30. The molecule has 45 heavy (non-hydrogen) atoms. The maximum Gasteiger partial charge on any atom is 0.192 e. The number of rotatable bonds is 6. The summed E-state index contributed by atoms with van der Waals surface area (Å²) in [6, 6.07) is 39.6. The Morgan fingerprint density at radius 3 is 2.18 bits per heavy atom. The molecule has 0 amide bonds. The van der Waals surface area contributed by atoms with Crippen LogP contribution in [0.2, 0.25) is 0 Å². The zero-order valence-electron chi connectivity index (χ0n) is 27.5. The summed E-state index contributed by atoms with van der Waals surface area (Å²) in [5.74, 6) is 0. The number of pyridine rings is 2. The average molecular weight is 591 g/mol. The normalized spacial score (nSPS) is 13.5. The van der Waals surface area contributed by atoms with Gasteiger partial charge in [-0.3, -0.25) is 0 Å². The highest BCUT2D eigenvalue weighted by molar-refractivity contribution is 6.19. The minimum absolute atomic E-state index is 0.167. The zero-order chi connectivity index (χ0) is 31.5. The highest BCUT2D eigenvalue weighted by Gasteiger charge is 2.43. The molecule has 0 radical (unpaired) electrons. The molecular weight excluding hydrogens is 548 g/mol.